The maximum Gasteiger partial charge on any atom is 0.424 e. The first-order valence-corrected chi connectivity index (χ1v) is 8.50. The van der Waals surface area contributed by atoms with Gasteiger partial charge in [-0.15, -0.1) is 12.6 Å². The molecular formula is C20H16ClNO2S. The molecule has 0 aromatic heterocycles. The molecule has 0 fully saturated rings. The van der Waals surface area contributed by atoms with Gasteiger partial charge in [0.15, 0.2) is 5.75 Å². The van der Waals surface area contributed by atoms with Crippen LogP contribution in [-0.4, -0.2) is 6.09 Å². The van der Waals surface area contributed by atoms with E-state index in [1.165, 1.54) is 4.90 Å². The number of hydrogen-bond acceptors (Lipinski definition) is 3. The average Bonchev–Trinajstić information content (AvgIpc) is 2.62. The summed E-state index contributed by atoms with van der Waals surface area (Å²) in [5.74, 6) is 0.277. The van der Waals surface area contributed by atoms with E-state index in [1.54, 1.807) is 12.1 Å². The number of para-hydroxylation sites is 2. The minimum atomic E-state index is -0.545. The summed E-state index contributed by atoms with van der Waals surface area (Å²) in [6.45, 7) is 1.89. The van der Waals surface area contributed by atoms with E-state index in [-0.39, 0.29) is 5.75 Å². The Morgan fingerprint density at radius 3 is 2.00 bits per heavy atom. The Labute approximate surface area is 157 Å². The number of halogens is 1. The SMILES string of the molecule is Cc1cc(Cl)c(OC(=O)N(c2ccccc2)c2ccccc2)cc1S. The fourth-order valence-electron chi connectivity index (χ4n) is 2.37. The Bertz CT molecular complexity index is 845. The molecule has 3 aromatic rings. The molecule has 0 saturated carbocycles. The number of ether oxygens (including phenoxy) is 1. The maximum absolute atomic E-state index is 12.9. The number of aryl methyl sites for hydroxylation is 1. The van der Waals surface area contributed by atoms with Gasteiger partial charge in [-0.05, 0) is 48.9 Å². The second-order valence-corrected chi connectivity index (χ2v) is 6.33. The van der Waals surface area contributed by atoms with Crippen molar-refractivity contribution in [2.24, 2.45) is 0 Å². The summed E-state index contributed by atoms with van der Waals surface area (Å²) in [7, 11) is 0. The summed E-state index contributed by atoms with van der Waals surface area (Å²) in [6.07, 6.45) is -0.545. The van der Waals surface area contributed by atoms with Crippen molar-refractivity contribution in [2.45, 2.75) is 11.8 Å². The summed E-state index contributed by atoms with van der Waals surface area (Å²) in [4.78, 5) is 15.1. The van der Waals surface area contributed by atoms with Crippen LogP contribution < -0.4 is 9.64 Å². The molecule has 3 nitrogen and oxygen atoms in total. The summed E-state index contributed by atoms with van der Waals surface area (Å²) >= 11 is 10.6. The van der Waals surface area contributed by atoms with Crippen LogP contribution in [0, 0.1) is 6.92 Å². The lowest BCUT2D eigenvalue weighted by Crippen LogP contribution is -2.29. The van der Waals surface area contributed by atoms with Crippen LogP contribution in [0.15, 0.2) is 77.7 Å². The van der Waals surface area contributed by atoms with E-state index in [0.717, 1.165) is 5.56 Å². The molecule has 5 heteroatoms. The van der Waals surface area contributed by atoms with Gasteiger partial charge in [0, 0.05) is 4.90 Å². The molecule has 3 rings (SSSR count). The Balaban J connectivity index is 1.97. The Hall–Kier alpha value is -2.43. The minimum Gasteiger partial charge on any atom is -0.408 e. The molecule has 0 aliphatic rings. The molecule has 0 saturated heterocycles. The van der Waals surface area contributed by atoms with E-state index in [2.05, 4.69) is 12.6 Å². The molecule has 0 aliphatic heterocycles. The normalized spacial score (nSPS) is 10.4. The standard InChI is InChI=1S/C20H16ClNO2S/c1-14-12-17(21)18(13-19(14)25)24-20(23)22(15-8-4-2-5-9-15)16-10-6-3-7-11-16/h2-13,25H,1H3. The van der Waals surface area contributed by atoms with Crippen molar-refractivity contribution >= 4 is 41.7 Å². The maximum atomic E-state index is 12.9. The number of thiol groups is 1. The van der Waals surface area contributed by atoms with Crippen LogP contribution in [0.3, 0.4) is 0 Å². The van der Waals surface area contributed by atoms with E-state index in [9.17, 15) is 4.79 Å². The molecule has 1 amide bonds. The van der Waals surface area contributed by atoms with E-state index in [4.69, 9.17) is 16.3 Å². The van der Waals surface area contributed by atoms with E-state index < -0.39 is 6.09 Å². The number of amides is 1. The molecule has 0 spiro atoms. The molecule has 0 bridgehead atoms. The number of hydrogen-bond donors (Lipinski definition) is 1. The van der Waals surface area contributed by atoms with Gasteiger partial charge in [0.2, 0.25) is 0 Å². The molecule has 0 unspecified atom stereocenters. The molecule has 0 radical (unpaired) electrons. The van der Waals surface area contributed by atoms with Crippen LogP contribution in [0.5, 0.6) is 5.75 Å². The largest absolute Gasteiger partial charge is 0.424 e. The number of anilines is 2. The van der Waals surface area contributed by atoms with Gasteiger partial charge in [0.1, 0.15) is 0 Å². The lowest BCUT2D eigenvalue weighted by Gasteiger charge is -2.22. The van der Waals surface area contributed by atoms with Crippen LogP contribution in [0.4, 0.5) is 16.2 Å². The molecular weight excluding hydrogens is 354 g/mol. The zero-order valence-corrected chi connectivity index (χ0v) is 15.2. The first-order chi connectivity index (χ1) is 12.1. The van der Waals surface area contributed by atoms with Crippen LogP contribution in [0.1, 0.15) is 5.56 Å². The van der Waals surface area contributed by atoms with Gasteiger partial charge < -0.3 is 4.74 Å². The van der Waals surface area contributed by atoms with Crippen LogP contribution in [-0.2, 0) is 0 Å². The molecule has 0 aliphatic carbocycles. The summed E-state index contributed by atoms with van der Waals surface area (Å²) in [6, 6.07) is 22.0. The zero-order chi connectivity index (χ0) is 17.8. The molecule has 0 N–H and O–H groups in total. The summed E-state index contributed by atoms with van der Waals surface area (Å²) in [5.41, 5.74) is 2.32. The third-order valence-electron chi connectivity index (χ3n) is 3.66. The predicted molar refractivity (Wildman–Crippen MR) is 104 cm³/mol. The minimum absolute atomic E-state index is 0.277. The van der Waals surface area contributed by atoms with Crippen molar-refractivity contribution in [3.63, 3.8) is 0 Å². The topological polar surface area (TPSA) is 29.5 Å². The number of benzene rings is 3. The number of rotatable bonds is 3. The monoisotopic (exact) mass is 369 g/mol. The second kappa shape index (κ2) is 7.64. The third-order valence-corrected chi connectivity index (χ3v) is 4.44. The first kappa shape index (κ1) is 17.4. The highest BCUT2D eigenvalue weighted by molar-refractivity contribution is 7.80. The van der Waals surface area contributed by atoms with Crippen molar-refractivity contribution in [3.8, 4) is 5.75 Å². The number of carbonyl (C=O) groups excluding carboxylic acids is 1. The van der Waals surface area contributed by atoms with Gasteiger partial charge in [0.25, 0.3) is 0 Å². The van der Waals surface area contributed by atoms with Gasteiger partial charge in [0.05, 0.1) is 16.4 Å². The van der Waals surface area contributed by atoms with Crippen molar-refractivity contribution in [2.75, 3.05) is 4.90 Å². The van der Waals surface area contributed by atoms with Crippen LogP contribution >= 0.6 is 24.2 Å². The Morgan fingerprint density at radius 1 is 0.960 bits per heavy atom. The van der Waals surface area contributed by atoms with E-state index in [1.807, 2.05) is 67.6 Å². The molecule has 0 atom stereocenters. The lowest BCUT2D eigenvalue weighted by molar-refractivity contribution is 0.210. The van der Waals surface area contributed by atoms with E-state index >= 15 is 0 Å². The van der Waals surface area contributed by atoms with Gasteiger partial charge in [-0.25, -0.2) is 9.69 Å². The first-order valence-electron chi connectivity index (χ1n) is 7.67. The van der Waals surface area contributed by atoms with Gasteiger partial charge in [-0.3, -0.25) is 0 Å². The smallest absolute Gasteiger partial charge is 0.408 e. The highest BCUT2D eigenvalue weighted by atomic mass is 35.5. The van der Waals surface area contributed by atoms with Crippen LogP contribution in [0.25, 0.3) is 0 Å². The molecule has 3 aromatic carbocycles. The summed E-state index contributed by atoms with van der Waals surface area (Å²) < 4.78 is 5.56. The molecule has 25 heavy (non-hydrogen) atoms. The van der Waals surface area contributed by atoms with Crippen molar-refractivity contribution in [1.29, 1.82) is 0 Å². The fourth-order valence-corrected chi connectivity index (χ4v) is 2.81. The van der Waals surface area contributed by atoms with Crippen LogP contribution in [0.2, 0.25) is 5.02 Å². The van der Waals surface area contributed by atoms with Crippen molar-refractivity contribution < 1.29 is 9.53 Å². The molecule has 0 heterocycles. The average molecular weight is 370 g/mol. The number of nitrogens with zero attached hydrogens (tertiary/aromatic N) is 1. The fraction of sp³-hybridized carbons (Fsp3) is 0.0500. The van der Waals surface area contributed by atoms with Gasteiger partial charge in [-0.1, -0.05) is 48.0 Å². The predicted octanol–water partition coefficient (Wildman–Crippen LogP) is 6.27. The lowest BCUT2D eigenvalue weighted by atomic mass is 10.2. The van der Waals surface area contributed by atoms with E-state index in [0.29, 0.717) is 21.3 Å². The summed E-state index contributed by atoms with van der Waals surface area (Å²) in [5, 5.41) is 0.365. The van der Waals surface area contributed by atoms with Gasteiger partial charge >= 0.3 is 6.09 Å². The quantitative estimate of drug-likeness (QED) is 0.551. The zero-order valence-electron chi connectivity index (χ0n) is 13.5. The van der Waals surface area contributed by atoms with Gasteiger partial charge in [-0.2, -0.15) is 0 Å². The number of carbonyl (C=O) groups is 1. The second-order valence-electron chi connectivity index (χ2n) is 5.44. The van der Waals surface area contributed by atoms with Crippen molar-refractivity contribution in [1.82, 2.24) is 0 Å². The highest BCUT2D eigenvalue weighted by Gasteiger charge is 2.21. The highest BCUT2D eigenvalue weighted by Crippen LogP contribution is 2.32. The Kier molecular flexibility index (Phi) is 5.31. The molecule has 126 valence electrons. The Morgan fingerprint density at radius 2 is 1.48 bits per heavy atom. The third kappa shape index (κ3) is 3.98. The van der Waals surface area contributed by atoms with Crippen molar-refractivity contribution in [3.05, 3.63) is 83.4 Å².